The Bertz CT molecular complexity index is 4550. The second kappa shape index (κ2) is 39.2. The van der Waals surface area contributed by atoms with Crippen molar-refractivity contribution >= 4 is 58.4 Å². The fourth-order valence-electron chi connectivity index (χ4n) is 16.6. The zero-order valence-electron chi connectivity index (χ0n) is 67.7. The van der Waals surface area contributed by atoms with Crippen LogP contribution < -0.4 is 9.80 Å². The van der Waals surface area contributed by atoms with E-state index < -0.39 is 5.97 Å². The van der Waals surface area contributed by atoms with Crippen molar-refractivity contribution in [3.05, 3.63) is 281 Å². The average molecular weight is 1610 g/mol. The fourth-order valence-corrected chi connectivity index (χ4v) is 17.3. The standard InChI is InChI=1S/C35H44ClFN4O2.C30H36ClFN4O2.C27H32ClFN4/c1-6-39(23-28-29(36)10-7-11-30(28)37)21-25-12-14-26(15-13-25)22-40-17-19-41(20-18-40)32-27(9-8-16-38-32)24-43-33(42)31-34(2,3)35(31,4)5;1-21(2)36-11-4-5-25(30(37)38)29(36)35-15-13-33(14-16-35)18-22-8-9-24-19-34(12-10-23(24)17-22)20-26-27(31)6-3-7-28(26)32;1-3-31(20-24-25(28)7-4-8-26(24)29)18-22-9-11-23(12-10-22)19-32-14-16-33(17-15-32)27-21(2)6-5-13-30-27/h7-16,31H,6,17-24H2,1-5H3;3-9,11,17,21,29H,10,12-16,18-20H2,1-2H3,(H,37,38);4-13H,3,14-20H2,1-2H3. The first-order valence-corrected chi connectivity index (χ1v) is 41.5. The Hall–Kier alpha value is -8.18. The molecule has 6 aliphatic rings. The van der Waals surface area contributed by atoms with E-state index >= 15 is 0 Å². The number of pyridine rings is 2. The quantitative estimate of drug-likeness (QED) is 0.0517. The number of carboxylic acids is 1. The molecule has 0 bridgehead atoms. The average Bonchev–Trinajstić information content (AvgIpc) is 1.53. The molecule has 0 radical (unpaired) electrons. The lowest BCUT2D eigenvalue weighted by atomic mass is 9.96. The van der Waals surface area contributed by atoms with Crippen LogP contribution in [0.3, 0.4) is 0 Å². The predicted octanol–water partition coefficient (Wildman–Crippen LogP) is 17.2. The van der Waals surface area contributed by atoms with Gasteiger partial charge in [-0.3, -0.25) is 39.1 Å². The lowest BCUT2D eigenvalue weighted by molar-refractivity contribution is -0.148. The number of hydrogen-bond acceptors (Lipinski definition) is 15. The largest absolute Gasteiger partial charge is 0.478 e. The molecule has 1 atom stereocenters. The molecule has 1 unspecified atom stereocenters. The third kappa shape index (κ3) is 21.5. The van der Waals surface area contributed by atoms with E-state index in [9.17, 15) is 27.9 Å². The molecule has 114 heavy (non-hydrogen) atoms. The summed E-state index contributed by atoms with van der Waals surface area (Å²) in [6.07, 6.45) is 9.97. The van der Waals surface area contributed by atoms with Crippen LogP contribution in [-0.4, -0.2) is 177 Å². The summed E-state index contributed by atoms with van der Waals surface area (Å²) >= 11 is 18.7. The summed E-state index contributed by atoms with van der Waals surface area (Å²) in [6, 6.07) is 47.1. The maximum absolute atomic E-state index is 14.3. The van der Waals surface area contributed by atoms with Crippen LogP contribution in [0.1, 0.15) is 122 Å². The Morgan fingerprint density at radius 1 is 0.535 bits per heavy atom. The van der Waals surface area contributed by atoms with Crippen molar-refractivity contribution in [2.75, 3.05) is 108 Å². The Kier molecular flexibility index (Phi) is 29.3. The van der Waals surface area contributed by atoms with Crippen LogP contribution in [0.4, 0.5) is 24.8 Å². The van der Waals surface area contributed by atoms with E-state index in [1.807, 2.05) is 42.9 Å². The summed E-state index contributed by atoms with van der Waals surface area (Å²) in [4.78, 5) is 57.2. The number of halogens is 6. The van der Waals surface area contributed by atoms with Crippen LogP contribution in [0.2, 0.25) is 15.1 Å². The summed E-state index contributed by atoms with van der Waals surface area (Å²) in [5.41, 5.74) is 13.2. The topological polar surface area (TPSA) is 122 Å². The minimum absolute atomic E-state index is 0.0355. The second-order valence-corrected chi connectivity index (χ2v) is 33.8. The van der Waals surface area contributed by atoms with Gasteiger partial charge in [0.2, 0.25) is 0 Å². The minimum Gasteiger partial charge on any atom is -0.478 e. The van der Waals surface area contributed by atoms with Crippen LogP contribution in [0.15, 0.2) is 182 Å². The van der Waals surface area contributed by atoms with E-state index in [0.717, 1.165) is 161 Å². The Labute approximate surface area is 688 Å². The minimum atomic E-state index is -0.850. The zero-order valence-corrected chi connectivity index (χ0v) is 69.9. The number of aromatic nitrogens is 2. The summed E-state index contributed by atoms with van der Waals surface area (Å²) in [5, 5.41) is 11.2. The van der Waals surface area contributed by atoms with Gasteiger partial charge in [-0.25, -0.2) is 27.9 Å². The number of aliphatic carboxylic acids is 1. The first kappa shape index (κ1) is 85.2. The van der Waals surface area contributed by atoms with Crippen molar-refractivity contribution in [2.45, 2.75) is 146 Å². The molecular weight excluding hydrogens is 1500 g/mol. The molecule has 8 aromatic rings. The van der Waals surface area contributed by atoms with Gasteiger partial charge in [0, 0.05) is 206 Å². The van der Waals surface area contributed by atoms with E-state index in [-0.39, 0.29) is 59.0 Å². The number of carbonyl (C=O) groups excluding carboxylic acids is 1. The number of aryl methyl sites for hydroxylation is 1. The number of esters is 1. The number of carboxylic acid groups (broad SMARTS) is 1. The van der Waals surface area contributed by atoms with Gasteiger partial charge in [0.25, 0.3) is 0 Å². The number of nitrogens with zero attached hydrogens (tertiary/aromatic N) is 12. The van der Waals surface area contributed by atoms with Crippen molar-refractivity contribution in [3.8, 4) is 0 Å². The molecule has 14 rings (SSSR count). The van der Waals surface area contributed by atoms with Crippen molar-refractivity contribution < 1.29 is 32.6 Å². The molecule has 4 fully saturated rings. The number of ether oxygens (including phenoxy) is 1. The van der Waals surface area contributed by atoms with Gasteiger partial charge >= 0.3 is 11.9 Å². The number of allylic oxidation sites excluding steroid dienone is 2. The Morgan fingerprint density at radius 3 is 1.48 bits per heavy atom. The lowest BCUT2D eigenvalue weighted by Gasteiger charge is -2.46. The fraction of sp³-hybridized carbons (Fsp3) is 0.435. The van der Waals surface area contributed by atoms with E-state index in [0.29, 0.717) is 57.0 Å². The molecule has 0 amide bonds. The Balaban J connectivity index is 0.000000160. The number of anilines is 2. The highest BCUT2D eigenvalue weighted by Gasteiger charge is 2.69. The molecule has 16 nitrogen and oxygen atoms in total. The maximum atomic E-state index is 14.3. The number of piperazine rings is 3. The molecular formula is C92H112Cl3F3N12O4. The van der Waals surface area contributed by atoms with Crippen LogP contribution >= 0.6 is 34.8 Å². The number of benzene rings is 6. The molecule has 22 heteroatoms. The molecule has 1 saturated carbocycles. The van der Waals surface area contributed by atoms with Crippen LogP contribution in [0.5, 0.6) is 0 Å². The molecule has 1 N–H and O–H groups in total. The van der Waals surface area contributed by atoms with Crippen molar-refractivity contribution in [3.63, 3.8) is 0 Å². The number of fused-ring (bicyclic) bond motifs is 1. The molecule has 5 aliphatic heterocycles. The van der Waals surface area contributed by atoms with Crippen molar-refractivity contribution in [1.29, 1.82) is 0 Å². The summed E-state index contributed by atoms with van der Waals surface area (Å²) in [7, 11) is 0. The third-order valence-electron chi connectivity index (χ3n) is 24.2. The van der Waals surface area contributed by atoms with E-state index in [1.54, 1.807) is 42.5 Å². The molecule has 7 heterocycles. The Morgan fingerprint density at radius 2 is 1.00 bits per heavy atom. The van der Waals surface area contributed by atoms with E-state index in [4.69, 9.17) is 39.5 Å². The second-order valence-electron chi connectivity index (χ2n) is 32.5. The summed E-state index contributed by atoms with van der Waals surface area (Å²) in [5.74, 6) is 0.242. The smallest absolute Gasteiger partial charge is 0.335 e. The van der Waals surface area contributed by atoms with Gasteiger partial charge in [-0.05, 0) is 156 Å². The molecule has 0 spiro atoms. The number of rotatable bonds is 26. The molecule has 6 aromatic carbocycles. The van der Waals surface area contributed by atoms with Gasteiger partial charge in [0.1, 0.15) is 41.9 Å². The van der Waals surface area contributed by atoms with Crippen molar-refractivity contribution in [2.24, 2.45) is 16.7 Å². The van der Waals surface area contributed by atoms with Gasteiger partial charge in [-0.2, -0.15) is 0 Å². The number of hydrogen-bond donors (Lipinski definition) is 1. The third-order valence-corrected chi connectivity index (χ3v) is 25.2. The summed E-state index contributed by atoms with van der Waals surface area (Å²) < 4.78 is 48.5. The van der Waals surface area contributed by atoms with Crippen LogP contribution in [0, 0.1) is 41.1 Å². The monoisotopic (exact) mass is 1610 g/mol. The molecule has 606 valence electrons. The van der Waals surface area contributed by atoms with Gasteiger partial charge in [-0.1, -0.05) is 173 Å². The zero-order chi connectivity index (χ0) is 80.8. The van der Waals surface area contributed by atoms with Gasteiger partial charge in [0.05, 0.1) is 11.5 Å². The predicted molar refractivity (Wildman–Crippen MR) is 452 cm³/mol. The molecule has 1 aliphatic carbocycles. The SMILES string of the molecule is CC(C)N1C=CC=C(C(=O)O)C1N1CCN(Cc2ccc3c(c2)CCN(Cc2c(F)cccc2Cl)C3)CC1.CCN(Cc1ccc(CN2CCN(c3ncccc3C)CC2)cc1)Cc1c(F)cccc1Cl.CCN(Cc1ccc(CN2CCN(c3ncccc3COC(=O)C3C(C)(C)C3(C)C)CC2)cc1)Cc1c(F)cccc1Cl. The van der Waals surface area contributed by atoms with Gasteiger partial charge < -0.3 is 24.5 Å². The summed E-state index contributed by atoms with van der Waals surface area (Å²) in [6.45, 7) is 39.4. The van der Waals surface area contributed by atoms with Gasteiger partial charge in [0.15, 0.2) is 0 Å². The number of carbonyl (C=O) groups is 2. The highest BCUT2D eigenvalue weighted by Crippen LogP contribution is 2.68. The van der Waals surface area contributed by atoms with E-state index in [1.165, 1.54) is 62.7 Å². The normalized spacial score (nSPS) is 18.1. The lowest BCUT2D eigenvalue weighted by Crippen LogP contribution is -2.57. The van der Waals surface area contributed by atoms with Gasteiger partial charge in [-0.15, -0.1) is 0 Å². The highest BCUT2D eigenvalue weighted by molar-refractivity contribution is 6.32. The molecule has 3 saturated heterocycles. The van der Waals surface area contributed by atoms with Crippen molar-refractivity contribution in [1.82, 2.24) is 49.2 Å². The first-order valence-electron chi connectivity index (χ1n) is 40.4. The first-order chi connectivity index (χ1) is 54.8. The molecule has 2 aromatic heterocycles. The van der Waals surface area contributed by atoms with E-state index in [2.05, 4.69) is 194 Å². The highest BCUT2D eigenvalue weighted by atomic mass is 35.5. The van der Waals surface area contributed by atoms with Crippen LogP contribution in [-0.2, 0) is 86.3 Å². The maximum Gasteiger partial charge on any atom is 0.335 e. The van der Waals surface area contributed by atoms with Crippen LogP contribution in [0.25, 0.3) is 0 Å².